The van der Waals surface area contributed by atoms with Gasteiger partial charge in [-0.2, -0.15) is 0 Å². The summed E-state index contributed by atoms with van der Waals surface area (Å²) in [6.45, 7) is 9.51. The minimum Gasteiger partial charge on any atom is -0.458 e. The van der Waals surface area contributed by atoms with Gasteiger partial charge in [-0.1, -0.05) is 81.9 Å². The molecule has 5 aromatic carbocycles. The molecule has 0 bridgehead atoms. The van der Waals surface area contributed by atoms with Crippen LogP contribution in [0.4, 0.5) is 17.1 Å². The third kappa shape index (κ3) is 3.58. The van der Waals surface area contributed by atoms with E-state index < -0.39 is 0 Å². The van der Waals surface area contributed by atoms with Crippen molar-refractivity contribution >= 4 is 51.9 Å². The minimum atomic E-state index is 0.00701. The molecular weight excluding hydrogens is 545 g/mol. The van der Waals surface area contributed by atoms with Crippen LogP contribution in [0, 0.1) is 0 Å². The molecule has 210 valence electrons. The highest BCUT2D eigenvalue weighted by Gasteiger charge is 2.47. The van der Waals surface area contributed by atoms with Gasteiger partial charge in [0.15, 0.2) is 0 Å². The summed E-state index contributed by atoms with van der Waals surface area (Å²) in [5, 5.41) is 0. The van der Waals surface area contributed by atoms with Crippen LogP contribution in [-0.2, 0) is 10.8 Å². The second-order valence-electron chi connectivity index (χ2n) is 13.6. The van der Waals surface area contributed by atoms with Crippen molar-refractivity contribution in [1.29, 1.82) is 0 Å². The summed E-state index contributed by atoms with van der Waals surface area (Å²) in [6.07, 6.45) is 2.27. The molecule has 0 N–H and O–H groups in total. The molecule has 0 unspecified atom stereocenters. The topological polar surface area (TPSA) is 21.7 Å². The van der Waals surface area contributed by atoms with Crippen molar-refractivity contribution in [3.05, 3.63) is 108 Å². The van der Waals surface area contributed by atoms with Crippen LogP contribution < -0.4 is 30.8 Å². The van der Waals surface area contributed by atoms with Crippen molar-refractivity contribution in [2.45, 2.75) is 61.2 Å². The Morgan fingerprint density at radius 2 is 1.30 bits per heavy atom. The summed E-state index contributed by atoms with van der Waals surface area (Å²) in [5.74, 6) is 3.81. The highest BCUT2D eigenvalue weighted by Crippen LogP contribution is 2.54. The van der Waals surface area contributed by atoms with Crippen LogP contribution in [0.15, 0.2) is 107 Å². The van der Waals surface area contributed by atoms with Gasteiger partial charge in [0.1, 0.15) is 23.0 Å². The third-order valence-electron chi connectivity index (χ3n) is 10.0. The number of benzene rings is 5. The van der Waals surface area contributed by atoms with E-state index in [0.29, 0.717) is 0 Å². The van der Waals surface area contributed by atoms with Crippen LogP contribution in [0.5, 0.6) is 23.0 Å². The molecule has 5 heteroatoms. The number of fused-ring (bicyclic) bond motifs is 8. The number of hydrogen-bond donors (Lipinski definition) is 0. The first-order chi connectivity index (χ1) is 20.8. The number of hydrogen-bond acceptors (Lipinski definition) is 4. The maximum Gasteiger partial charge on any atom is 0.260 e. The lowest BCUT2D eigenvalue weighted by molar-refractivity contribution is 0.318. The largest absolute Gasteiger partial charge is 0.458 e. The molecule has 0 fully saturated rings. The van der Waals surface area contributed by atoms with Gasteiger partial charge in [0.05, 0.1) is 11.4 Å². The Balaban J connectivity index is 1.30. The Hall–Kier alpha value is -4.09. The van der Waals surface area contributed by atoms with Crippen LogP contribution in [0.2, 0.25) is 0 Å². The van der Waals surface area contributed by atoms with E-state index in [1.54, 1.807) is 0 Å². The third-order valence-corrected chi connectivity index (χ3v) is 11.1. The maximum atomic E-state index is 7.05. The molecule has 0 radical (unpaired) electrons. The normalized spacial score (nSPS) is 17.7. The second-order valence-corrected chi connectivity index (χ2v) is 14.7. The van der Waals surface area contributed by atoms with Gasteiger partial charge in [-0.05, 0) is 94.8 Å². The lowest BCUT2D eigenvalue weighted by Gasteiger charge is -2.45. The number of para-hydroxylation sites is 3. The van der Waals surface area contributed by atoms with E-state index in [-0.39, 0.29) is 17.5 Å². The SMILES string of the molecule is CC1(C)CCC(C)(C)c2c1cc1c3c2Oc2ccc(N4c5ccccc5Sc5ccccc54)cc2B3c2ccccc2O1. The second kappa shape index (κ2) is 8.73. The highest BCUT2D eigenvalue weighted by atomic mass is 32.2. The standard InChI is InChI=1S/C38H32BNO2S/c1-37(2)19-20-38(3,4)34-24(37)22-31-35-36(34)42-30-18-17-23(21-26(30)39(35)25-11-5-8-14-29(25)41-31)40-27-12-6-9-15-32(27)43-33-16-10-7-13-28(33)40/h5-18,21-22H,19-20H2,1-4H3. The number of ether oxygens (including phenoxy) is 2. The van der Waals surface area contributed by atoms with Crippen molar-refractivity contribution in [2.75, 3.05) is 4.90 Å². The summed E-state index contributed by atoms with van der Waals surface area (Å²) in [5.41, 5.74) is 9.85. The van der Waals surface area contributed by atoms with Crippen molar-refractivity contribution < 1.29 is 9.47 Å². The molecule has 3 heterocycles. The molecule has 3 nitrogen and oxygen atoms in total. The Bertz CT molecular complexity index is 1950. The fourth-order valence-electron chi connectivity index (χ4n) is 7.70. The zero-order valence-corrected chi connectivity index (χ0v) is 25.7. The maximum absolute atomic E-state index is 7.05. The molecule has 0 atom stereocenters. The first-order valence-corrected chi connectivity index (χ1v) is 16.1. The van der Waals surface area contributed by atoms with E-state index in [9.17, 15) is 0 Å². The van der Waals surface area contributed by atoms with Crippen molar-refractivity contribution in [2.24, 2.45) is 0 Å². The Labute approximate surface area is 257 Å². The molecule has 4 aliphatic rings. The lowest BCUT2D eigenvalue weighted by Crippen LogP contribution is -2.58. The van der Waals surface area contributed by atoms with Crippen molar-refractivity contribution in [3.63, 3.8) is 0 Å². The molecule has 43 heavy (non-hydrogen) atoms. The molecule has 0 saturated carbocycles. The monoisotopic (exact) mass is 577 g/mol. The van der Waals surface area contributed by atoms with Gasteiger partial charge in [-0.3, -0.25) is 0 Å². The van der Waals surface area contributed by atoms with E-state index in [0.717, 1.165) is 41.5 Å². The molecule has 5 aromatic rings. The summed E-state index contributed by atoms with van der Waals surface area (Å²) < 4.78 is 13.8. The quantitative estimate of drug-likeness (QED) is 0.182. The van der Waals surface area contributed by atoms with Gasteiger partial charge < -0.3 is 14.4 Å². The molecule has 0 aromatic heterocycles. The predicted molar refractivity (Wildman–Crippen MR) is 178 cm³/mol. The Kier molecular flexibility index (Phi) is 5.16. The van der Waals surface area contributed by atoms with Crippen LogP contribution in [0.25, 0.3) is 0 Å². The summed E-state index contributed by atoms with van der Waals surface area (Å²) >= 11 is 1.84. The van der Waals surface area contributed by atoms with Crippen molar-refractivity contribution in [3.8, 4) is 23.0 Å². The van der Waals surface area contributed by atoms with E-state index in [4.69, 9.17) is 9.47 Å². The molecule has 9 rings (SSSR count). The van der Waals surface area contributed by atoms with Crippen molar-refractivity contribution in [1.82, 2.24) is 0 Å². The fraction of sp³-hybridized carbons (Fsp3) is 0.211. The molecule has 3 aliphatic heterocycles. The zero-order chi connectivity index (χ0) is 29.1. The molecule has 1 aliphatic carbocycles. The summed E-state index contributed by atoms with van der Waals surface area (Å²) in [4.78, 5) is 4.92. The van der Waals surface area contributed by atoms with Crippen LogP contribution in [0.1, 0.15) is 51.7 Å². The summed E-state index contributed by atoms with van der Waals surface area (Å²) in [6, 6.07) is 35.0. The van der Waals surface area contributed by atoms with E-state index in [1.807, 2.05) is 11.8 Å². The van der Waals surface area contributed by atoms with Crippen LogP contribution >= 0.6 is 11.8 Å². The average molecular weight is 578 g/mol. The smallest absolute Gasteiger partial charge is 0.260 e. The fourth-order valence-corrected chi connectivity index (χ4v) is 8.76. The van der Waals surface area contributed by atoms with Gasteiger partial charge in [0.2, 0.25) is 0 Å². The molecule has 0 spiro atoms. The molecule has 0 amide bonds. The first kappa shape index (κ1) is 25.4. The van der Waals surface area contributed by atoms with Crippen LogP contribution in [-0.4, -0.2) is 6.71 Å². The molecular formula is C38H32BNO2S. The Morgan fingerprint density at radius 1 is 0.651 bits per heavy atom. The minimum absolute atomic E-state index is 0.00701. The number of nitrogens with zero attached hydrogens (tertiary/aromatic N) is 1. The van der Waals surface area contributed by atoms with Crippen LogP contribution in [0.3, 0.4) is 0 Å². The predicted octanol–water partition coefficient (Wildman–Crippen LogP) is 8.70. The first-order valence-electron chi connectivity index (χ1n) is 15.3. The van der Waals surface area contributed by atoms with E-state index >= 15 is 0 Å². The van der Waals surface area contributed by atoms with Gasteiger partial charge in [0.25, 0.3) is 6.71 Å². The number of anilines is 3. The lowest BCUT2D eigenvalue weighted by atomic mass is 9.34. The van der Waals surface area contributed by atoms with Gasteiger partial charge in [-0.25, -0.2) is 0 Å². The van der Waals surface area contributed by atoms with Gasteiger partial charge in [-0.15, -0.1) is 0 Å². The molecule has 0 saturated heterocycles. The Morgan fingerprint density at radius 3 is 2.07 bits per heavy atom. The van der Waals surface area contributed by atoms with Gasteiger partial charge in [0, 0.05) is 26.5 Å². The number of rotatable bonds is 1. The van der Waals surface area contributed by atoms with E-state index in [1.165, 1.54) is 48.7 Å². The van der Waals surface area contributed by atoms with E-state index in [2.05, 4.69) is 130 Å². The average Bonchev–Trinajstić information content (AvgIpc) is 3.01. The zero-order valence-electron chi connectivity index (χ0n) is 24.9. The highest BCUT2D eigenvalue weighted by molar-refractivity contribution is 7.99. The summed E-state index contributed by atoms with van der Waals surface area (Å²) in [7, 11) is 0. The van der Waals surface area contributed by atoms with Gasteiger partial charge >= 0.3 is 0 Å².